The molecule has 1 fully saturated rings. The third-order valence-corrected chi connectivity index (χ3v) is 4.24. The summed E-state index contributed by atoms with van der Waals surface area (Å²) in [4.78, 5) is 26.0. The number of carbonyl (C=O) groups is 2. The Bertz CT molecular complexity index is 561. The lowest BCUT2D eigenvalue weighted by molar-refractivity contribution is -0.129. The first kappa shape index (κ1) is 17.5. The standard InChI is InChI=1S/C18H26N2O3/c1-18(2,3)14-7-5-13(6-8-14)17(22)19-11-16(21)20-10-9-15(12-20)23-4/h5-8,15H,9-12H2,1-4H3,(H,19,22). The minimum absolute atomic E-state index is 0.0241. The second-order valence-electron chi connectivity index (χ2n) is 7.00. The number of ether oxygens (including phenoxy) is 1. The van der Waals surface area contributed by atoms with Crippen molar-refractivity contribution in [2.24, 2.45) is 0 Å². The molecule has 1 N–H and O–H groups in total. The lowest BCUT2D eigenvalue weighted by Crippen LogP contribution is -2.39. The van der Waals surface area contributed by atoms with Gasteiger partial charge in [-0.15, -0.1) is 0 Å². The van der Waals surface area contributed by atoms with E-state index in [-0.39, 0.29) is 29.9 Å². The van der Waals surface area contributed by atoms with Gasteiger partial charge in [-0.05, 0) is 29.5 Å². The fourth-order valence-electron chi connectivity index (χ4n) is 2.64. The van der Waals surface area contributed by atoms with E-state index in [9.17, 15) is 9.59 Å². The molecule has 0 aliphatic carbocycles. The van der Waals surface area contributed by atoms with Gasteiger partial charge in [-0.3, -0.25) is 9.59 Å². The Hall–Kier alpha value is -1.88. The lowest BCUT2D eigenvalue weighted by atomic mass is 9.87. The van der Waals surface area contributed by atoms with Crippen LogP contribution in [0.1, 0.15) is 43.1 Å². The molecule has 0 spiro atoms. The van der Waals surface area contributed by atoms with Crippen molar-refractivity contribution in [3.05, 3.63) is 35.4 Å². The zero-order valence-corrected chi connectivity index (χ0v) is 14.4. The summed E-state index contributed by atoms with van der Waals surface area (Å²) in [6, 6.07) is 7.52. The minimum atomic E-state index is -0.221. The van der Waals surface area contributed by atoms with Gasteiger partial charge < -0.3 is 15.0 Å². The van der Waals surface area contributed by atoms with Gasteiger partial charge in [0.05, 0.1) is 12.6 Å². The topological polar surface area (TPSA) is 58.6 Å². The fraction of sp³-hybridized carbons (Fsp3) is 0.556. The second kappa shape index (κ2) is 7.13. The number of rotatable bonds is 4. The molecule has 1 aliphatic heterocycles. The van der Waals surface area contributed by atoms with Crippen LogP contribution in [-0.4, -0.2) is 49.6 Å². The summed E-state index contributed by atoms with van der Waals surface area (Å²) in [6.07, 6.45) is 0.962. The second-order valence-corrected chi connectivity index (χ2v) is 7.00. The van der Waals surface area contributed by atoms with Crippen molar-refractivity contribution >= 4 is 11.8 Å². The monoisotopic (exact) mass is 318 g/mol. The highest BCUT2D eigenvalue weighted by Gasteiger charge is 2.26. The Morgan fingerprint density at radius 2 is 1.91 bits per heavy atom. The Balaban J connectivity index is 1.86. The van der Waals surface area contributed by atoms with Gasteiger partial charge in [-0.1, -0.05) is 32.9 Å². The smallest absolute Gasteiger partial charge is 0.251 e. The summed E-state index contributed by atoms with van der Waals surface area (Å²) in [5.74, 6) is -0.287. The van der Waals surface area contributed by atoms with Gasteiger partial charge >= 0.3 is 0 Å². The molecule has 0 bridgehead atoms. The van der Waals surface area contributed by atoms with Gasteiger partial charge in [0, 0.05) is 25.8 Å². The predicted octanol–water partition coefficient (Wildman–Crippen LogP) is 1.96. The zero-order chi connectivity index (χ0) is 17.0. The van der Waals surface area contributed by atoms with Crippen LogP contribution in [0.15, 0.2) is 24.3 Å². The zero-order valence-electron chi connectivity index (χ0n) is 14.4. The van der Waals surface area contributed by atoms with Crippen LogP contribution in [0.4, 0.5) is 0 Å². The molecule has 0 saturated carbocycles. The number of methoxy groups -OCH3 is 1. The lowest BCUT2D eigenvalue weighted by Gasteiger charge is -2.19. The number of amides is 2. The number of nitrogens with one attached hydrogen (secondary N) is 1. The Labute approximate surface area is 138 Å². The maximum Gasteiger partial charge on any atom is 0.251 e. The molecule has 0 aromatic heterocycles. The van der Waals surface area contributed by atoms with Crippen LogP contribution in [-0.2, 0) is 14.9 Å². The summed E-state index contributed by atoms with van der Waals surface area (Å²) in [5.41, 5.74) is 1.80. The molecule has 1 aromatic carbocycles. The molecule has 1 atom stereocenters. The van der Waals surface area contributed by atoms with Crippen LogP contribution < -0.4 is 5.32 Å². The third kappa shape index (κ3) is 4.55. The number of hydrogen-bond donors (Lipinski definition) is 1. The summed E-state index contributed by atoms with van der Waals surface area (Å²) in [7, 11) is 1.65. The maximum absolute atomic E-state index is 12.1. The average molecular weight is 318 g/mol. The van der Waals surface area contributed by atoms with Crippen molar-refractivity contribution in [3.63, 3.8) is 0 Å². The molecule has 0 radical (unpaired) electrons. The highest BCUT2D eigenvalue weighted by Crippen LogP contribution is 2.22. The van der Waals surface area contributed by atoms with E-state index in [2.05, 4.69) is 26.1 Å². The van der Waals surface area contributed by atoms with Gasteiger partial charge in [-0.25, -0.2) is 0 Å². The molecule has 1 aromatic rings. The quantitative estimate of drug-likeness (QED) is 0.923. The summed E-state index contributed by atoms with van der Waals surface area (Å²) in [5, 5.41) is 2.70. The molecule has 1 aliphatic rings. The molecule has 2 amide bonds. The first-order chi connectivity index (χ1) is 10.8. The molecule has 23 heavy (non-hydrogen) atoms. The summed E-state index contributed by atoms with van der Waals surface area (Å²) < 4.78 is 5.24. The van der Waals surface area contributed by atoms with Gasteiger partial charge in [0.1, 0.15) is 0 Å². The van der Waals surface area contributed by atoms with E-state index in [4.69, 9.17) is 4.74 Å². The Kier molecular flexibility index (Phi) is 5.42. The SMILES string of the molecule is COC1CCN(C(=O)CNC(=O)c2ccc(C(C)(C)C)cc2)C1. The molecule has 5 nitrogen and oxygen atoms in total. The number of benzene rings is 1. The van der Waals surface area contributed by atoms with Crippen LogP contribution >= 0.6 is 0 Å². The Morgan fingerprint density at radius 1 is 1.26 bits per heavy atom. The van der Waals surface area contributed by atoms with E-state index >= 15 is 0 Å². The van der Waals surface area contributed by atoms with Gasteiger partial charge in [-0.2, -0.15) is 0 Å². The average Bonchev–Trinajstić information content (AvgIpc) is 3.00. The number of nitrogens with zero attached hydrogens (tertiary/aromatic N) is 1. The third-order valence-electron chi connectivity index (χ3n) is 4.24. The normalized spacial score (nSPS) is 18.1. The molecule has 1 unspecified atom stereocenters. The number of likely N-dealkylation sites (tertiary alicyclic amines) is 1. The molecule has 2 rings (SSSR count). The van der Waals surface area contributed by atoms with E-state index in [0.717, 1.165) is 6.42 Å². The number of carbonyl (C=O) groups excluding carboxylic acids is 2. The van der Waals surface area contributed by atoms with Gasteiger partial charge in [0.2, 0.25) is 5.91 Å². The van der Waals surface area contributed by atoms with E-state index in [1.165, 1.54) is 5.56 Å². The van der Waals surface area contributed by atoms with Crippen molar-refractivity contribution in [1.82, 2.24) is 10.2 Å². The molecular weight excluding hydrogens is 292 g/mol. The van der Waals surface area contributed by atoms with Crippen LogP contribution in [0, 0.1) is 0 Å². The molecule has 5 heteroatoms. The van der Waals surface area contributed by atoms with Crippen molar-refractivity contribution in [1.29, 1.82) is 0 Å². The van der Waals surface area contributed by atoms with E-state index < -0.39 is 0 Å². The fourth-order valence-corrected chi connectivity index (χ4v) is 2.64. The van der Waals surface area contributed by atoms with Crippen LogP contribution in [0.25, 0.3) is 0 Å². The first-order valence-corrected chi connectivity index (χ1v) is 8.00. The molecule has 1 heterocycles. The van der Waals surface area contributed by atoms with E-state index in [1.54, 1.807) is 24.1 Å². The van der Waals surface area contributed by atoms with Crippen LogP contribution in [0.2, 0.25) is 0 Å². The van der Waals surface area contributed by atoms with Gasteiger partial charge in [0.25, 0.3) is 5.91 Å². The predicted molar refractivity (Wildman–Crippen MR) is 89.5 cm³/mol. The maximum atomic E-state index is 12.1. The van der Waals surface area contributed by atoms with E-state index in [0.29, 0.717) is 18.7 Å². The van der Waals surface area contributed by atoms with Gasteiger partial charge in [0.15, 0.2) is 0 Å². The Morgan fingerprint density at radius 3 is 2.43 bits per heavy atom. The van der Waals surface area contributed by atoms with Crippen molar-refractivity contribution < 1.29 is 14.3 Å². The number of hydrogen-bond acceptors (Lipinski definition) is 3. The molecule has 1 saturated heterocycles. The van der Waals surface area contributed by atoms with Crippen molar-refractivity contribution in [2.45, 2.75) is 38.7 Å². The van der Waals surface area contributed by atoms with Crippen molar-refractivity contribution in [2.75, 3.05) is 26.7 Å². The summed E-state index contributed by atoms with van der Waals surface area (Å²) >= 11 is 0. The van der Waals surface area contributed by atoms with Crippen molar-refractivity contribution in [3.8, 4) is 0 Å². The highest BCUT2D eigenvalue weighted by molar-refractivity contribution is 5.96. The largest absolute Gasteiger partial charge is 0.380 e. The first-order valence-electron chi connectivity index (χ1n) is 8.00. The van der Waals surface area contributed by atoms with E-state index in [1.807, 2.05) is 12.1 Å². The minimum Gasteiger partial charge on any atom is -0.380 e. The van der Waals surface area contributed by atoms with Crippen LogP contribution in [0.5, 0.6) is 0 Å². The molecular formula is C18H26N2O3. The highest BCUT2D eigenvalue weighted by atomic mass is 16.5. The van der Waals surface area contributed by atoms with Crippen LogP contribution in [0.3, 0.4) is 0 Å². The summed E-state index contributed by atoms with van der Waals surface area (Å²) in [6.45, 7) is 7.70. The molecule has 126 valence electrons.